The van der Waals surface area contributed by atoms with Crippen molar-refractivity contribution >= 4 is 17.5 Å². The average molecular weight is 228 g/mol. The molecule has 2 heteroatoms. The fourth-order valence-corrected chi connectivity index (χ4v) is 0. The number of carbonyl (C=O) groups excluding carboxylic acids is 1. The molecule has 0 fully saturated rings. The molecule has 1 nitrogen and oxygen atoms in total. The second-order valence-electron chi connectivity index (χ2n) is 2.02. The standard InChI is InChI=1S/C3H6O.C3H8.C2H6S.4CH4/c1-3(2)4;2*1-3-2;;;;/h1-2H3;3H2,1-2H3;1-2H3;4*1H4. The van der Waals surface area contributed by atoms with Gasteiger partial charge in [-0.05, 0) is 26.4 Å². The van der Waals surface area contributed by atoms with Gasteiger partial charge in [0.05, 0.1) is 0 Å². The maximum atomic E-state index is 9.44. The summed E-state index contributed by atoms with van der Waals surface area (Å²) in [5, 5.41) is 0. The topological polar surface area (TPSA) is 17.1 Å². The fourth-order valence-electron chi connectivity index (χ4n) is 0. The first kappa shape index (κ1) is 48.2. The number of rotatable bonds is 0. The maximum absolute atomic E-state index is 9.44. The van der Waals surface area contributed by atoms with Gasteiger partial charge in [0.2, 0.25) is 0 Å². The third-order valence-electron chi connectivity index (χ3n) is 0. The number of hydrogen-bond acceptors (Lipinski definition) is 2. The van der Waals surface area contributed by atoms with E-state index in [2.05, 4.69) is 13.8 Å². The minimum Gasteiger partial charge on any atom is -0.300 e. The van der Waals surface area contributed by atoms with Crippen molar-refractivity contribution in [3.63, 3.8) is 0 Å². The molecule has 0 bridgehead atoms. The predicted octanol–water partition coefficient (Wildman–Crippen LogP) is 5.54. The van der Waals surface area contributed by atoms with Crippen molar-refractivity contribution in [3.05, 3.63) is 0 Å². The molecular weight excluding hydrogens is 192 g/mol. The second-order valence-corrected chi connectivity index (χ2v) is 2.84. The first-order chi connectivity index (χ1) is 4.56. The molecule has 0 heterocycles. The lowest BCUT2D eigenvalue weighted by atomic mass is 10.6. The molecule has 0 rings (SSSR count). The molecule has 0 aromatic heterocycles. The van der Waals surface area contributed by atoms with Crippen LogP contribution in [0, 0.1) is 0 Å². The lowest BCUT2D eigenvalue weighted by Crippen LogP contribution is -1.69. The van der Waals surface area contributed by atoms with Gasteiger partial charge in [-0.25, -0.2) is 0 Å². The molecule has 0 aliphatic carbocycles. The summed E-state index contributed by atoms with van der Waals surface area (Å²) in [4.78, 5) is 9.44. The van der Waals surface area contributed by atoms with Gasteiger partial charge in [0.1, 0.15) is 5.78 Å². The van der Waals surface area contributed by atoms with E-state index >= 15 is 0 Å². The number of carbonyl (C=O) groups is 1. The van der Waals surface area contributed by atoms with Gasteiger partial charge in [-0.1, -0.05) is 50.0 Å². The highest BCUT2D eigenvalue weighted by Gasteiger charge is 1.62. The highest BCUT2D eigenvalue weighted by atomic mass is 32.2. The van der Waals surface area contributed by atoms with Crippen LogP contribution in [-0.2, 0) is 4.79 Å². The molecule has 96 valence electrons. The first-order valence-electron chi connectivity index (χ1n) is 3.43. The molecule has 14 heavy (non-hydrogen) atoms. The number of Topliss-reactive ketones (excluding diaryl/α,β-unsaturated/α-hetero) is 1. The summed E-state index contributed by atoms with van der Waals surface area (Å²) >= 11 is 1.75. The summed E-state index contributed by atoms with van der Waals surface area (Å²) in [6.45, 7) is 7.31. The lowest BCUT2D eigenvalue weighted by molar-refractivity contribution is -0.114. The fraction of sp³-hybridized carbons (Fsp3) is 0.917. The molecule has 0 unspecified atom stereocenters. The molecule has 0 spiro atoms. The van der Waals surface area contributed by atoms with Crippen LogP contribution in [0.25, 0.3) is 0 Å². The summed E-state index contributed by atoms with van der Waals surface area (Å²) in [7, 11) is 0. The van der Waals surface area contributed by atoms with Crippen molar-refractivity contribution in [2.45, 2.75) is 63.8 Å². The maximum Gasteiger partial charge on any atom is 0.126 e. The highest BCUT2D eigenvalue weighted by Crippen LogP contribution is 1.70. The minimum absolute atomic E-state index is 0. The van der Waals surface area contributed by atoms with Gasteiger partial charge in [0.15, 0.2) is 0 Å². The van der Waals surface area contributed by atoms with E-state index in [0.717, 1.165) is 0 Å². The van der Waals surface area contributed by atoms with Crippen molar-refractivity contribution in [1.82, 2.24) is 0 Å². The Morgan fingerprint density at radius 3 is 0.929 bits per heavy atom. The van der Waals surface area contributed by atoms with Crippen LogP contribution in [0.4, 0.5) is 0 Å². The van der Waals surface area contributed by atoms with Crippen LogP contribution in [0.5, 0.6) is 0 Å². The van der Waals surface area contributed by atoms with E-state index in [1.165, 1.54) is 20.3 Å². The summed E-state index contributed by atoms with van der Waals surface area (Å²) < 4.78 is 0. The Balaban J connectivity index is -0.00000000929. The third kappa shape index (κ3) is 3650000. The Kier molecular flexibility index (Phi) is 257. The monoisotopic (exact) mass is 228 g/mol. The smallest absolute Gasteiger partial charge is 0.126 e. The van der Waals surface area contributed by atoms with Crippen molar-refractivity contribution in [3.8, 4) is 0 Å². The molecule has 0 aliphatic rings. The van der Waals surface area contributed by atoms with Crippen LogP contribution in [-0.4, -0.2) is 18.3 Å². The van der Waals surface area contributed by atoms with Crippen molar-refractivity contribution in [2.75, 3.05) is 12.5 Å². The molecule has 0 saturated heterocycles. The molecule has 0 radical (unpaired) electrons. The molecule has 0 amide bonds. The Morgan fingerprint density at radius 1 is 0.929 bits per heavy atom. The number of hydrogen-bond donors (Lipinski definition) is 0. The Hall–Kier alpha value is 0.0200. The van der Waals surface area contributed by atoms with Gasteiger partial charge in [0.25, 0.3) is 0 Å². The van der Waals surface area contributed by atoms with E-state index in [1.807, 2.05) is 12.5 Å². The molecule has 0 aromatic carbocycles. The molecule has 0 N–H and O–H groups in total. The zero-order valence-electron chi connectivity index (χ0n) is 8.02. The largest absolute Gasteiger partial charge is 0.300 e. The SMILES string of the molecule is C.C.C.C.CC(C)=O.CCC.CSC. The molecule has 0 saturated carbocycles. The average Bonchev–Trinajstić information content (AvgIpc) is 1.65. The summed E-state index contributed by atoms with van der Waals surface area (Å²) in [6.07, 6.45) is 5.33. The lowest BCUT2D eigenvalue weighted by Gasteiger charge is -1.56. The summed E-state index contributed by atoms with van der Waals surface area (Å²) in [6, 6.07) is 0. The van der Waals surface area contributed by atoms with E-state index in [0.29, 0.717) is 0 Å². The minimum atomic E-state index is 0. The Bertz CT molecular complexity index is 48.3. The third-order valence-corrected chi connectivity index (χ3v) is 0. The normalized spacial score (nSPS) is 4.43. The Labute approximate surface area is 99.1 Å². The van der Waals surface area contributed by atoms with Crippen molar-refractivity contribution < 1.29 is 4.79 Å². The predicted molar refractivity (Wildman–Crippen MR) is 78.7 cm³/mol. The van der Waals surface area contributed by atoms with Crippen molar-refractivity contribution in [2.24, 2.45) is 0 Å². The van der Waals surface area contributed by atoms with E-state index in [-0.39, 0.29) is 35.5 Å². The second kappa shape index (κ2) is 74.6. The zero-order chi connectivity index (χ0) is 8.99. The van der Waals surface area contributed by atoms with Gasteiger partial charge < -0.3 is 4.79 Å². The Morgan fingerprint density at radius 2 is 0.929 bits per heavy atom. The number of thioether (sulfide) groups is 1. The summed E-state index contributed by atoms with van der Waals surface area (Å²) in [5.74, 6) is 0.167. The van der Waals surface area contributed by atoms with Gasteiger partial charge in [-0.2, -0.15) is 11.8 Å². The molecule has 0 atom stereocenters. The van der Waals surface area contributed by atoms with E-state index < -0.39 is 0 Å². The zero-order valence-corrected chi connectivity index (χ0v) is 8.84. The van der Waals surface area contributed by atoms with Crippen LogP contribution in [0.15, 0.2) is 0 Å². The van der Waals surface area contributed by atoms with Crippen LogP contribution in [0.2, 0.25) is 0 Å². The van der Waals surface area contributed by atoms with E-state index in [1.54, 1.807) is 11.8 Å². The van der Waals surface area contributed by atoms with Gasteiger partial charge >= 0.3 is 0 Å². The summed E-state index contributed by atoms with van der Waals surface area (Å²) in [5.41, 5.74) is 0. The van der Waals surface area contributed by atoms with Gasteiger partial charge in [-0.15, -0.1) is 0 Å². The van der Waals surface area contributed by atoms with Crippen LogP contribution >= 0.6 is 11.8 Å². The molecule has 0 aliphatic heterocycles. The van der Waals surface area contributed by atoms with E-state index in [4.69, 9.17) is 0 Å². The number of ketones is 1. The highest BCUT2D eigenvalue weighted by molar-refractivity contribution is 7.97. The van der Waals surface area contributed by atoms with E-state index in [9.17, 15) is 4.79 Å². The van der Waals surface area contributed by atoms with Gasteiger partial charge in [-0.3, -0.25) is 0 Å². The quantitative estimate of drug-likeness (QED) is 0.542. The van der Waals surface area contributed by atoms with Crippen LogP contribution < -0.4 is 0 Å². The van der Waals surface area contributed by atoms with Crippen LogP contribution in [0.1, 0.15) is 63.8 Å². The molecule has 0 aromatic rings. The molecular formula is C12H36OS. The van der Waals surface area contributed by atoms with Crippen LogP contribution in [0.3, 0.4) is 0 Å². The van der Waals surface area contributed by atoms with Crippen molar-refractivity contribution in [1.29, 1.82) is 0 Å². The first-order valence-corrected chi connectivity index (χ1v) is 5.07. The van der Waals surface area contributed by atoms with Gasteiger partial charge in [0, 0.05) is 0 Å².